The van der Waals surface area contributed by atoms with Crippen molar-refractivity contribution in [2.24, 2.45) is 0 Å². The number of hydrogen-bond acceptors (Lipinski definition) is 4. The first-order chi connectivity index (χ1) is 8.53. The molecule has 1 aromatic carbocycles. The Morgan fingerprint density at radius 2 is 2.11 bits per heavy atom. The molecule has 0 saturated heterocycles. The molecule has 0 aliphatic carbocycles. The monoisotopic (exact) mass is 281 g/mol. The highest BCUT2D eigenvalue weighted by Gasteiger charge is 2.17. The third-order valence-corrected chi connectivity index (χ3v) is 5.48. The number of thiophene rings is 1. The van der Waals surface area contributed by atoms with Crippen LogP contribution in [0.15, 0.2) is 39.9 Å². The van der Waals surface area contributed by atoms with Crippen LogP contribution in [-0.4, -0.2) is 8.42 Å². The Kier molecular flexibility index (Phi) is 3.45. The first-order valence-electron chi connectivity index (χ1n) is 4.98. The molecule has 6 heteroatoms. The molecule has 0 bridgehead atoms. The van der Waals surface area contributed by atoms with Crippen LogP contribution in [-0.2, 0) is 15.6 Å². The van der Waals surface area contributed by atoms with Crippen molar-refractivity contribution >= 4 is 21.2 Å². The van der Waals surface area contributed by atoms with Crippen molar-refractivity contribution in [3.05, 3.63) is 52.7 Å². The highest BCUT2D eigenvalue weighted by atomic mass is 32.2. The molecule has 0 unspecified atom stereocenters. The zero-order chi connectivity index (χ0) is 13.2. The molecule has 2 rings (SSSR count). The predicted octanol–water partition coefficient (Wildman–Crippen LogP) is 2.73. The predicted molar refractivity (Wildman–Crippen MR) is 66.3 cm³/mol. The van der Waals surface area contributed by atoms with Gasteiger partial charge in [0.2, 0.25) is 0 Å². The molecule has 1 aromatic heterocycles. The van der Waals surface area contributed by atoms with Crippen LogP contribution in [0.2, 0.25) is 0 Å². The number of rotatable bonds is 3. The molecule has 0 aliphatic rings. The molecule has 0 atom stereocenters. The lowest BCUT2D eigenvalue weighted by atomic mass is 10.1. The average molecular weight is 281 g/mol. The number of benzene rings is 1. The van der Waals surface area contributed by atoms with E-state index < -0.39 is 15.7 Å². The minimum Gasteiger partial charge on any atom is -0.223 e. The van der Waals surface area contributed by atoms with E-state index in [0.29, 0.717) is 5.56 Å². The van der Waals surface area contributed by atoms with Crippen LogP contribution in [0.1, 0.15) is 11.1 Å². The summed E-state index contributed by atoms with van der Waals surface area (Å²) in [5.41, 5.74) is 0.259. The highest BCUT2D eigenvalue weighted by Crippen LogP contribution is 2.22. The summed E-state index contributed by atoms with van der Waals surface area (Å²) in [6, 6.07) is 8.62. The highest BCUT2D eigenvalue weighted by molar-refractivity contribution is 7.92. The minimum absolute atomic E-state index is 0.145. The molecule has 18 heavy (non-hydrogen) atoms. The van der Waals surface area contributed by atoms with Gasteiger partial charge in [-0.2, -0.15) is 5.26 Å². The first-order valence-corrected chi connectivity index (χ1v) is 7.51. The van der Waals surface area contributed by atoms with E-state index in [4.69, 9.17) is 5.26 Å². The van der Waals surface area contributed by atoms with Crippen LogP contribution >= 0.6 is 11.3 Å². The van der Waals surface area contributed by atoms with Crippen LogP contribution < -0.4 is 0 Å². The van der Waals surface area contributed by atoms with Crippen molar-refractivity contribution < 1.29 is 12.8 Å². The van der Waals surface area contributed by atoms with Crippen molar-refractivity contribution in [2.75, 3.05) is 0 Å². The zero-order valence-corrected chi connectivity index (χ0v) is 10.8. The Bertz CT molecular complexity index is 700. The van der Waals surface area contributed by atoms with E-state index in [2.05, 4.69) is 0 Å². The normalized spacial score (nSPS) is 11.1. The maximum atomic E-state index is 13.1. The lowest BCUT2D eigenvalue weighted by molar-refractivity contribution is 0.596. The third kappa shape index (κ3) is 2.58. The second kappa shape index (κ2) is 4.88. The summed E-state index contributed by atoms with van der Waals surface area (Å²) in [5, 5.41) is 10.4. The van der Waals surface area contributed by atoms with Crippen molar-refractivity contribution in [1.82, 2.24) is 0 Å². The van der Waals surface area contributed by atoms with Gasteiger partial charge in [-0.1, -0.05) is 12.1 Å². The van der Waals surface area contributed by atoms with Gasteiger partial charge in [0, 0.05) is 0 Å². The molecule has 0 aliphatic heterocycles. The fourth-order valence-electron chi connectivity index (χ4n) is 1.48. The molecular weight excluding hydrogens is 273 g/mol. The molecule has 0 N–H and O–H groups in total. The Hall–Kier alpha value is -1.71. The van der Waals surface area contributed by atoms with E-state index in [-0.39, 0.29) is 15.5 Å². The molecule has 1 heterocycles. The van der Waals surface area contributed by atoms with Crippen molar-refractivity contribution in [3.63, 3.8) is 0 Å². The zero-order valence-electron chi connectivity index (χ0n) is 9.13. The van der Waals surface area contributed by atoms with Gasteiger partial charge in [-0.05, 0) is 29.1 Å². The maximum Gasteiger partial charge on any atom is 0.191 e. The van der Waals surface area contributed by atoms with Crippen LogP contribution in [0.3, 0.4) is 0 Å². The van der Waals surface area contributed by atoms with Gasteiger partial charge in [0.1, 0.15) is 16.1 Å². The van der Waals surface area contributed by atoms with Crippen LogP contribution in [0, 0.1) is 17.1 Å². The molecule has 0 spiro atoms. The van der Waals surface area contributed by atoms with Crippen LogP contribution in [0.4, 0.5) is 4.39 Å². The SMILES string of the molecule is N#Cc1cc(CS(=O)(=O)c2cccs2)ccc1F. The fraction of sp³-hybridized carbons (Fsp3) is 0.0833. The van der Waals surface area contributed by atoms with Crippen LogP contribution in [0.5, 0.6) is 0 Å². The summed E-state index contributed by atoms with van der Waals surface area (Å²) in [6.07, 6.45) is 0. The Balaban J connectivity index is 2.34. The van der Waals surface area contributed by atoms with E-state index in [9.17, 15) is 12.8 Å². The topological polar surface area (TPSA) is 57.9 Å². The van der Waals surface area contributed by atoms with E-state index >= 15 is 0 Å². The molecule has 2 aromatic rings. The van der Waals surface area contributed by atoms with Gasteiger partial charge in [0.05, 0.1) is 11.3 Å². The van der Waals surface area contributed by atoms with Gasteiger partial charge in [-0.3, -0.25) is 0 Å². The Morgan fingerprint density at radius 3 is 2.72 bits per heavy atom. The van der Waals surface area contributed by atoms with E-state index in [1.807, 2.05) is 0 Å². The summed E-state index contributed by atoms with van der Waals surface area (Å²) >= 11 is 1.14. The standard InChI is InChI=1S/C12H8FNO2S2/c13-11-4-3-9(6-10(11)7-14)8-18(15,16)12-2-1-5-17-12/h1-6H,8H2. The Morgan fingerprint density at radius 1 is 1.33 bits per heavy atom. The van der Waals surface area contributed by atoms with Crippen molar-refractivity contribution in [1.29, 1.82) is 5.26 Å². The molecule has 0 radical (unpaired) electrons. The number of halogens is 1. The fourth-order valence-corrected chi connectivity index (χ4v) is 3.90. The second-order valence-electron chi connectivity index (χ2n) is 3.62. The van der Waals surface area contributed by atoms with Crippen molar-refractivity contribution in [3.8, 4) is 6.07 Å². The summed E-state index contributed by atoms with van der Waals surface area (Å²) in [6.45, 7) is 0. The van der Waals surface area contributed by atoms with Gasteiger partial charge >= 0.3 is 0 Å². The summed E-state index contributed by atoms with van der Waals surface area (Å²) in [5.74, 6) is -0.877. The Labute approximate surface area is 108 Å². The molecule has 0 fully saturated rings. The number of nitrogens with zero attached hydrogens (tertiary/aromatic N) is 1. The number of hydrogen-bond donors (Lipinski definition) is 0. The number of sulfone groups is 1. The smallest absolute Gasteiger partial charge is 0.191 e. The summed E-state index contributed by atoms with van der Waals surface area (Å²) < 4.78 is 37.3. The van der Waals surface area contributed by atoms with E-state index in [0.717, 1.165) is 17.4 Å². The molecule has 0 amide bonds. The van der Waals surface area contributed by atoms with E-state index in [1.54, 1.807) is 17.5 Å². The van der Waals surface area contributed by atoms with Gasteiger partial charge in [0.25, 0.3) is 0 Å². The van der Waals surface area contributed by atoms with E-state index in [1.165, 1.54) is 18.2 Å². The molecular formula is C12H8FNO2S2. The quantitative estimate of drug-likeness (QED) is 0.869. The molecule has 0 saturated carbocycles. The number of nitriles is 1. The molecule has 3 nitrogen and oxygen atoms in total. The second-order valence-corrected chi connectivity index (χ2v) is 6.78. The van der Waals surface area contributed by atoms with Gasteiger partial charge in [-0.15, -0.1) is 11.3 Å². The van der Waals surface area contributed by atoms with Gasteiger partial charge in [-0.25, -0.2) is 12.8 Å². The lowest BCUT2D eigenvalue weighted by Crippen LogP contribution is -2.03. The van der Waals surface area contributed by atoms with Crippen LogP contribution in [0.25, 0.3) is 0 Å². The lowest BCUT2D eigenvalue weighted by Gasteiger charge is -2.03. The largest absolute Gasteiger partial charge is 0.223 e. The van der Waals surface area contributed by atoms with Gasteiger partial charge in [0.15, 0.2) is 9.84 Å². The average Bonchev–Trinajstić information content (AvgIpc) is 2.85. The first kappa shape index (κ1) is 12.7. The maximum absolute atomic E-state index is 13.1. The third-order valence-electron chi connectivity index (χ3n) is 2.31. The van der Waals surface area contributed by atoms with Crippen molar-refractivity contribution in [2.45, 2.75) is 9.96 Å². The summed E-state index contributed by atoms with van der Waals surface area (Å²) in [7, 11) is -3.42. The summed E-state index contributed by atoms with van der Waals surface area (Å²) in [4.78, 5) is 0. The van der Waals surface area contributed by atoms with Gasteiger partial charge < -0.3 is 0 Å². The molecule has 92 valence electrons. The minimum atomic E-state index is -3.42.